The topological polar surface area (TPSA) is 81.3 Å². The molecule has 1 N–H and O–H groups in total. The first-order chi connectivity index (χ1) is 16.0. The van der Waals surface area contributed by atoms with Crippen molar-refractivity contribution in [1.29, 1.82) is 0 Å². The van der Waals surface area contributed by atoms with Crippen LogP contribution in [0, 0.1) is 13.8 Å². The highest BCUT2D eigenvalue weighted by molar-refractivity contribution is 7.15. The Morgan fingerprint density at radius 3 is 2.67 bits per heavy atom. The van der Waals surface area contributed by atoms with Crippen molar-refractivity contribution in [3.05, 3.63) is 69.2 Å². The van der Waals surface area contributed by atoms with Crippen molar-refractivity contribution < 1.29 is 4.79 Å². The van der Waals surface area contributed by atoms with Crippen LogP contribution in [-0.2, 0) is 11.2 Å². The Labute approximate surface area is 197 Å². The summed E-state index contributed by atoms with van der Waals surface area (Å²) in [5, 5.41) is 9.52. The molecule has 0 radical (unpaired) electrons. The van der Waals surface area contributed by atoms with Crippen LogP contribution >= 0.6 is 11.3 Å². The smallest absolute Gasteiger partial charge is 0.268 e. The first kappa shape index (κ1) is 22.9. The van der Waals surface area contributed by atoms with Crippen molar-refractivity contribution in [1.82, 2.24) is 24.5 Å². The second-order valence-electron chi connectivity index (χ2n) is 8.23. The van der Waals surface area contributed by atoms with Gasteiger partial charge in [0.2, 0.25) is 5.91 Å². The Hall–Kier alpha value is -3.26. The lowest BCUT2D eigenvalue weighted by atomic mass is 10.1. The number of rotatable bonds is 9. The normalized spacial score (nSPS) is 11.2. The van der Waals surface area contributed by atoms with Crippen molar-refractivity contribution in [2.24, 2.45) is 0 Å². The molecule has 7 nitrogen and oxygen atoms in total. The first-order valence-electron chi connectivity index (χ1n) is 11.4. The van der Waals surface area contributed by atoms with E-state index in [1.54, 1.807) is 4.40 Å². The van der Waals surface area contributed by atoms with Crippen LogP contribution < -0.4 is 10.9 Å². The lowest BCUT2D eigenvalue weighted by molar-refractivity contribution is -0.120. The predicted octanol–water partition coefficient (Wildman–Crippen LogP) is 4.46. The summed E-state index contributed by atoms with van der Waals surface area (Å²) in [5.41, 5.74) is 3.99. The predicted molar refractivity (Wildman–Crippen MR) is 132 cm³/mol. The van der Waals surface area contributed by atoms with Crippen LogP contribution in [0.15, 0.2) is 46.6 Å². The third-order valence-corrected chi connectivity index (χ3v) is 6.53. The van der Waals surface area contributed by atoms with Gasteiger partial charge in [0.05, 0.1) is 23.4 Å². The Balaban J connectivity index is 1.64. The lowest BCUT2D eigenvalue weighted by Gasteiger charge is -2.07. The van der Waals surface area contributed by atoms with Crippen LogP contribution in [0.3, 0.4) is 0 Å². The molecule has 0 saturated carbocycles. The summed E-state index contributed by atoms with van der Waals surface area (Å²) in [6, 6.07) is 11.7. The maximum atomic E-state index is 13.6. The van der Waals surface area contributed by atoms with E-state index in [1.807, 2.05) is 60.3 Å². The van der Waals surface area contributed by atoms with Gasteiger partial charge in [-0.2, -0.15) is 5.10 Å². The molecule has 33 heavy (non-hydrogen) atoms. The molecule has 0 saturated heterocycles. The summed E-state index contributed by atoms with van der Waals surface area (Å²) in [6.07, 6.45) is 4.57. The van der Waals surface area contributed by atoms with Gasteiger partial charge in [0, 0.05) is 23.3 Å². The summed E-state index contributed by atoms with van der Waals surface area (Å²) in [5.74, 6) is -0.0792. The molecule has 0 aliphatic rings. The number of nitrogens with zero attached hydrogens (tertiary/aromatic N) is 4. The van der Waals surface area contributed by atoms with Gasteiger partial charge in [-0.3, -0.25) is 14.0 Å². The second kappa shape index (κ2) is 10.1. The maximum absolute atomic E-state index is 13.6. The molecule has 0 spiro atoms. The fraction of sp³-hybridized carbons (Fsp3) is 0.360. The monoisotopic (exact) mass is 463 g/mol. The first-order valence-corrected chi connectivity index (χ1v) is 12.3. The number of aromatic nitrogens is 4. The van der Waals surface area contributed by atoms with E-state index in [2.05, 4.69) is 17.2 Å². The van der Waals surface area contributed by atoms with E-state index in [0.717, 1.165) is 30.6 Å². The van der Waals surface area contributed by atoms with Crippen LogP contribution in [0.5, 0.6) is 0 Å². The summed E-state index contributed by atoms with van der Waals surface area (Å²) >= 11 is 1.37. The Morgan fingerprint density at radius 1 is 1.12 bits per heavy atom. The number of carbonyl (C=O) groups is 1. The van der Waals surface area contributed by atoms with E-state index >= 15 is 0 Å². The summed E-state index contributed by atoms with van der Waals surface area (Å²) < 4.78 is 3.38. The van der Waals surface area contributed by atoms with E-state index in [9.17, 15) is 9.59 Å². The molecule has 1 amide bonds. The molecule has 0 atom stereocenters. The fourth-order valence-corrected chi connectivity index (χ4v) is 4.88. The van der Waals surface area contributed by atoms with Gasteiger partial charge in [-0.15, -0.1) is 11.3 Å². The number of aryl methyl sites for hydroxylation is 2. The van der Waals surface area contributed by atoms with Gasteiger partial charge in [-0.25, -0.2) is 9.67 Å². The number of carbonyl (C=O) groups excluding carboxylic acids is 1. The Bertz CT molecular complexity index is 1320. The minimum Gasteiger partial charge on any atom is -0.356 e. The van der Waals surface area contributed by atoms with Crippen LogP contribution in [-0.4, -0.2) is 31.6 Å². The number of benzene rings is 1. The van der Waals surface area contributed by atoms with E-state index in [-0.39, 0.29) is 17.9 Å². The fourth-order valence-electron chi connectivity index (χ4n) is 3.96. The van der Waals surface area contributed by atoms with Crippen molar-refractivity contribution in [3.8, 4) is 16.9 Å². The molecule has 8 heteroatoms. The molecule has 3 aromatic heterocycles. The largest absolute Gasteiger partial charge is 0.356 e. The van der Waals surface area contributed by atoms with Crippen LogP contribution in [0.2, 0.25) is 0 Å². The van der Waals surface area contributed by atoms with Crippen molar-refractivity contribution in [3.63, 3.8) is 0 Å². The van der Waals surface area contributed by atoms with E-state index < -0.39 is 0 Å². The number of thiazole rings is 1. The molecular formula is C25H29N5O2S. The molecular weight excluding hydrogens is 434 g/mol. The molecule has 1 aromatic carbocycles. The zero-order chi connectivity index (χ0) is 23.4. The number of amides is 1. The highest BCUT2D eigenvalue weighted by Gasteiger charge is 2.20. The van der Waals surface area contributed by atoms with Crippen LogP contribution in [0.1, 0.15) is 49.7 Å². The highest BCUT2D eigenvalue weighted by Crippen LogP contribution is 2.23. The summed E-state index contributed by atoms with van der Waals surface area (Å²) in [4.78, 5) is 31.3. The van der Waals surface area contributed by atoms with E-state index in [0.29, 0.717) is 34.2 Å². The van der Waals surface area contributed by atoms with Gasteiger partial charge in [0.15, 0.2) is 4.96 Å². The third kappa shape index (κ3) is 4.90. The average Bonchev–Trinajstić information content (AvgIpc) is 3.37. The third-order valence-electron chi connectivity index (χ3n) is 5.66. The SMILES string of the molecule is CCCCCCNC(=O)Cc1csc2nc(C)c(-c3cc(C)n(-c4ccccc4)n3)c(=O)n12. The van der Waals surface area contributed by atoms with Crippen molar-refractivity contribution >= 4 is 22.2 Å². The van der Waals surface area contributed by atoms with Crippen LogP contribution in [0.4, 0.5) is 0 Å². The molecule has 4 rings (SSSR count). The Morgan fingerprint density at radius 2 is 1.91 bits per heavy atom. The molecule has 0 fully saturated rings. The van der Waals surface area contributed by atoms with Gasteiger partial charge in [-0.05, 0) is 38.5 Å². The molecule has 0 aliphatic carbocycles. The lowest BCUT2D eigenvalue weighted by Crippen LogP contribution is -2.28. The highest BCUT2D eigenvalue weighted by atomic mass is 32.1. The zero-order valence-corrected chi connectivity index (χ0v) is 20.1. The van der Waals surface area contributed by atoms with Gasteiger partial charge in [-0.1, -0.05) is 44.4 Å². The minimum atomic E-state index is -0.192. The second-order valence-corrected chi connectivity index (χ2v) is 9.06. The van der Waals surface area contributed by atoms with Crippen LogP contribution in [0.25, 0.3) is 21.9 Å². The molecule has 0 bridgehead atoms. The standard InChI is InChI=1S/C25H29N5O2S/c1-4-5-6-10-13-26-22(31)15-20-16-33-25-27-18(3)23(24(32)29(20)25)21-14-17(2)30(28-21)19-11-8-7-9-12-19/h7-9,11-12,14,16H,4-6,10,13,15H2,1-3H3,(H,26,31). The molecule has 0 aliphatic heterocycles. The van der Waals surface area contributed by atoms with Gasteiger partial charge < -0.3 is 5.32 Å². The number of nitrogens with one attached hydrogen (secondary N) is 1. The van der Waals surface area contributed by atoms with Gasteiger partial charge in [0.25, 0.3) is 5.56 Å². The number of unbranched alkanes of at least 4 members (excludes halogenated alkanes) is 3. The number of fused-ring (bicyclic) bond motifs is 1. The molecule has 0 unspecified atom stereocenters. The zero-order valence-electron chi connectivity index (χ0n) is 19.3. The quantitative estimate of drug-likeness (QED) is 0.372. The summed E-state index contributed by atoms with van der Waals surface area (Å²) in [7, 11) is 0. The maximum Gasteiger partial charge on any atom is 0.268 e. The Kier molecular flexibility index (Phi) is 7.03. The molecule has 3 heterocycles. The number of para-hydroxylation sites is 1. The molecule has 4 aromatic rings. The summed E-state index contributed by atoms with van der Waals surface area (Å²) in [6.45, 7) is 6.61. The minimum absolute atomic E-state index is 0.0792. The van der Waals surface area contributed by atoms with Crippen molar-refractivity contribution in [2.75, 3.05) is 6.54 Å². The van der Waals surface area contributed by atoms with Crippen molar-refractivity contribution in [2.45, 2.75) is 52.9 Å². The van der Waals surface area contributed by atoms with Gasteiger partial charge >= 0.3 is 0 Å². The average molecular weight is 464 g/mol. The molecule has 172 valence electrons. The van der Waals surface area contributed by atoms with Gasteiger partial charge in [0.1, 0.15) is 5.69 Å². The van der Waals surface area contributed by atoms with E-state index in [4.69, 9.17) is 5.10 Å². The van der Waals surface area contributed by atoms with E-state index in [1.165, 1.54) is 17.8 Å². The number of hydrogen-bond donors (Lipinski definition) is 1. The number of hydrogen-bond acceptors (Lipinski definition) is 5.